The van der Waals surface area contributed by atoms with Gasteiger partial charge in [-0.25, -0.2) is 18.6 Å². The number of amides is 2. The maximum Gasteiger partial charge on any atom is 0.322 e. The van der Waals surface area contributed by atoms with Crippen molar-refractivity contribution in [1.82, 2.24) is 20.1 Å². The molecule has 10 heteroatoms. The van der Waals surface area contributed by atoms with E-state index in [1.807, 2.05) is 36.1 Å². The molecule has 3 aromatic rings. The van der Waals surface area contributed by atoms with Crippen molar-refractivity contribution in [3.63, 3.8) is 0 Å². The molecule has 2 amide bonds. The van der Waals surface area contributed by atoms with Crippen molar-refractivity contribution in [2.75, 3.05) is 41.7 Å². The summed E-state index contributed by atoms with van der Waals surface area (Å²) in [6.07, 6.45) is 1.77. The Morgan fingerprint density at radius 2 is 1.74 bits per heavy atom. The predicted molar refractivity (Wildman–Crippen MR) is 113 cm³/mol. The average Bonchev–Trinajstić information content (AvgIpc) is 2.78. The molecule has 1 aromatic carbocycles. The lowest BCUT2D eigenvalue weighted by molar-refractivity contribution is 0.208. The van der Waals surface area contributed by atoms with E-state index in [2.05, 4.69) is 25.8 Å². The number of carbonyl (C=O) groups is 1. The summed E-state index contributed by atoms with van der Waals surface area (Å²) in [7, 11) is 0. The van der Waals surface area contributed by atoms with Crippen LogP contribution in [0, 0.1) is 18.6 Å². The summed E-state index contributed by atoms with van der Waals surface area (Å²) >= 11 is 0. The first-order valence-electron chi connectivity index (χ1n) is 9.77. The van der Waals surface area contributed by atoms with Gasteiger partial charge in [0, 0.05) is 38.4 Å². The van der Waals surface area contributed by atoms with Crippen LogP contribution in [0.1, 0.15) is 5.56 Å². The Morgan fingerprint density at radius 3 is 2.42 bits per heavy atom. The minimum Gasteiger partial charge on any atom is -0.352 e. The fourth-order valence-electron chi connectivity index (χ4n) is 3.16. The number of benzene rings is 1. The Labute approximate surface area is 177 Å². The van der Waals surface area contributed by atoms with Gasteiger partial charge in [0.15, 0.2) is 11.6 Å². The zero-order chi connectivity index (χ0) is 21.8. The molecule has 0 radical (unpaired) electrons. The van der Waals surface area contributed by atoms with E-state index in [4.69, 9.17) is 0 Å². The van der Waals surface area contributed by atoms with Gasteiger partial charge in [-0.1, -0.05) is 6.07 Å². The molecule has 0 bridgehead atoms. The minimum absolute atomic E-state index is 0.176. The number of hydrogen-bond donors (Lipinski definition) is 2. The maximum atomic E-state index is 13.7. The van der Waals surface area contributed by atoms with Crippen molar-refractivity contribution >= 4 is 29.2 Å². The number of rotatable bonds is 4. The minimum atomic E-state index is -0.682. The van der Waals surface area contributed by atoms with E-state index in [-0.39, 0.29) is 5.69 Å². The largest absolute Gasteiger partial charge is 0.352 e. The van der Waals surface area contributed by atoms with Gasteiger partial charge in [-0.05, 0) is 42.8 Å². The standard InChI is InChI=1S/C21H21F2N7O/c1-14-2-5-18(24-13-14)26-19-6-7-20(28-27-19)29-8-10-30(11-9-29)21(31)25-17-12-15(22)3-4-16(17)23/h2-7,12-13H,8-11H2,1H3,(H,25,31)(H,24,26,27). The fraction of sp³-hybridized carbons (Fsp3) is 0.238. The van der Waals surface area contributed by atoms with E-state index < -0.39 is 17.7 Å². The first kappa shape index (κ1) is 20.5. The third kappa shape index (κ3) is 5.03. The number of anilines is 4. The molecule has 4 rings (SSSR count). The highest BCUT2D eigenvalue weighted by Gasteiger charge is 2.23. The number of carbonyl (C=O) groups excluding carboxylic acids is 1. The molecule has 0 saturated carbocycles. The second kappa shape index (κ2) is 8.90. The van der Waals surface area contributed by atoms with Crippen LogP contribution in [-0.2, 0) is 0 Å². The normalized spacial score (nSPS) is 13.8. The molecule has 1 aliphatic heterocycles. The van der Waals surface area contributed by atoms with Gasteiger partial charge in [-0.3, -0.25) is 0 Å². The molecule has 1 fully saturated rings. The summed E-state index contributed by atoms with van der Waals surface area (Å²) in [5.74, 6) is 0.658. The summed E-state index contributed by atoms with van der Waals surface area (Å²) < 4.78 is 27.0. The van der Waals surface area contributed by atoms with E-state index in [1.165, 1.54) is 0 Å². The number of piperazine rings is 1. The van der Waals surface area contributed by atoms with Gasteiger partial charge >= 0.3 is 6.03 Å². The molecule has 0 aliphatic carbocycles. The van der Waals surface area contributed by atoms with Gasteiger partial charge < -0.3 is 20.4 Å². The molecule has 160 valence electrons. The maximum absolute atomic E-state index is 13.7. The van der Waals surface area contributed by atoms with E-state index in [1.54, 1.807) is 11.1 Å². The zero-order valence-corrected chi connectivity index (χ0v) is 16.8. The number of pyridine rings is 1. The topological polar surface area (TPSA) is 86.3 Å². The van der Waals surface area contributed by atoms with Crippen molar-refractivity contribution in [3.05, 3.63) is 65.9 Å². The fourth-order valence-corrected chi connectivity index (χ4v) is 3.16. The highest BCUT2D eigenvalue weighted by atomic mass is 19.1. The molecule has 8 nitrogen and oxygen atoms in total. The number of halogens is 2. The van der Waals surface area contributed by atoms with Gasteiger partial charge in [-0.15, -0.1) is 10.2 Å². The van der Waals surface area contributed by atoms with Crippen LogP contribution in [0.25, 0.3) is 0 Å². The number of nitrogens with one attached hydrogen (secondary N) is 2. The van der Waals surface area contributed by atoms with Gasteiger partial charge in [0.05, 0.1) is 5.69 Å². The Kier molecular flexibility index (Phi) is 5.87. The van der Waals surface area contributed by atoms with Crippen LogP contribution in [0.2, 0.25) is 0 Å². The molecular formula is C21H21F2N7O. The van der Waals surface area contributed by atoms with Crippen molar-refractivity contribution < 1.29 is 13.6 Å². The third-order valence-corrected chi connectivity index (χ3v) is 4.88. The monoisotopic (exact) mass is 425 g/mol. The number of hydrogen-bond acceptors (Lipinski definition) is 6. The lowest BCUT2D eigenvalue weighted by Gasteiger charge is -2.35. The lowest BCUT2D eigenvalue weighted by atomic mass is 10.3. The molecule has 1 saturated heterocycles. The third-order valence-electron chi connectivity index (χ3n) is 4.88. The number of aromatic nitrogens is 3. The quantitative estimate of drug-likeness (QED) is 0.665. The SMILES string of the molecule is Cc1ccc(Nc2ccc(N3CCN(C(=O)Nc4cc(F)ccc4F)CC3)nn2)nc1. The van der Waals surface area contributed by atoms with Gasteiger partial charge in [-0.2, -0.15) is 0 Å². The van der Waals surface area contributed by atoms with Crippen LogP contribution < -0.4 is 15.5 Å². The van der Waals surface area contributed by atoms with Gasteiger partial charge in [0.2, 0.25) is 0 Å². The van der Waals surface area contributed by atoms with E-state index in [9.17, 15) is 13.6 Å². The molecular weight excluding hydrogens is 404 g/mol. The molecule has 0 spiro atoms. The smallest absolute Gasteiger partial charge is 0.322 e. The van der Waals surface area contributed by atoms with Crippen LogP contribution in [0.15, 0.2) is 48.7 Å². The Balaban J connectivity index is 1.31. The lowest BCUT2D eigenvalue weighted by Crippen LogP contribution is -2.50. The summed E-state index contributed by atoms with van der Waals surface area (Å²) in [6.45, 7) is 3.88. The van der Waals surface area contributed by atoms with E-state index in [0.29, 0.717) is 43.6 Å². The van der Waals surface area contributed by atoms with Crippen molar-refractivity contribution in [3.8, 4) is 0 Å². The zero-order valence-electron chi connectivity index (χ0n) is 16.8. The number of nitrogens with zero attached hydrogens (tertiary/aromatic N) is 5. The summed E-state index contributed by atoms with van der Waals surface area (Å²) in [5.41, 5.74) is 0.894. The molecule has 31 heavy (non-hydrogen) atoms. The van der Waals surface area contributed by atoms with E-state index >= 15 is 0 Å². The molecule has 2 N–H and O–H groups in total. The molecule has 0 atom stereocenters. The van der Waals surface area contributed by atoms with Crippen molar-refractivity contribution in [1.29, 1.82) is 0 Å². The Hall–Kier alpha value is -3.82. The highest BCUT2D eigenvalue weighted by Crippen LogP contribution is 2.19. The summed E-state index contributed by atoms with van der Waals surface area (Å²) in [6, 6.07) is 9.95. The van der Waals surface area contributed by atoms with Crippen LogP contribution in [0.3, 0.4) is 0 Å². The Morgan fingerprint density at radius 1 is 0.968 bits per heavy atom. The molecule has 2 aromatic heterocycles. The predicted octanol–water partition coefficient (Wildman–Crippen LogP) is 3.56. The van der Waals surface area contributed by atoms with Crippen LogP contribution >= 0.6 is 0 Å². The second-order valence-corrected chi connectivity index (χ2v) is 7.15. The first-order chi connectivity index (χ1) is 15.0. The molecule has 1 aliphatic rings. The molecule has 3 heterocycles. The second-order valence-electron chi connectivity index (χ2n) is 7.15. The summed E-state index contributed by atoms with van der Waals surface area (Å²) in [5, 5.41) is 14.0. The van der Waals surface area contributed by atoms with Crippen LogP contribution in [0.4, 0.5) is 36.7 Å². The molecule has 0 unspecified atom stereocenters. The van der Waals surface area contributed by atoms with Crippen LogP contribution in [-0.4, -0.2) is 52.3 Å². The van der Waals surface area contributed by atoms with Gasteiger partial charge in [0.1, 0.15) is 17.5 Å². The number of aryl methyl sites for hydroxylation is 1. The van der Waals surface area contributed by atoms with Crippen LogP contribution in [0.5, 0.6) is 0 Å². The highest BCUT2D eigenvalue weighted by molar-refractivity contribution is 5.89. The van der Waals surface area contributed by atoms with Gasteiger partial charge in [0.25, 0.3) is 0 Å². The average molecular weight is 425 g/mol. The van der Waals surface area contributed by atoms with E-state index in [0.717, 1.165) is 23.8 Å². The summed E-state index contributed by atoms with van der Waals surface area (Å²) in [4.78, 5) is 20.2. The van der Waals surface area contributed by atoms with Crippen molar-refractivity contribution in [2.24, 2.45) is 0 Å². The first-order valence-corrected chi connectivity index (χ1v) is 9.77. The Bertz CT molecular complexity index is 1050. The van der Waals surface area contributed by atoms with Crippen molar-refractivity contribution in [2.45, 2.75) is 6.92 Å². The number of urea groups is 1.